The molecule has 1 aliphatic rings. The molecule has 0 saturated carbocycles. The number of aryl methyl sites for hydroxylation is 2. The monoisotopic (exact) mass is 432 g/mol. The van der Waals surface area contributed by atoms with Crippen molar-refractivity contribution in [3.05, 3.63) is 84.1 Å². The third-order valence-corrected chi connectivity index (χ3v) is 6.91. The van der Waals surface area contributed by atoms with Gasteiger partial charge in [-0.3, -0.25) is 0 Å². The van der Waals surface area contributed by atoms with Crippen LogP contribution in [0.25, 0.3) is 44.5 Å². The molecule has 6 rings (SSSR count). The SMILES string of the molecule is Cc1ccc(-c2nc3cc(-c4ccc5ccccc5c4)cnc3n2C2CCNCC2)c(C)c1. The van der Waals surface area contributed by atoms with Crippen LogP contribution in [0.3, 0.4) is 0 Å². The molecule has 1 saturated heterocycles. The van der Waals surface area contributed by atoms with E-state index >= 15 is 0 Å². The molecule has 4 heteroatoms. The summed E-state index contributed by atoms with van der Waals surface area (Å²) in [6.07, 6.45) is 4.20. The van der Waals surface area contributed by atoms with E-state index in [0.717, 1.165) is 48.5 Å². The highest BCUT2D eigenvalue weighted by Gasteiger charge is 2.24. The first kappa shape index (κ1) is 20.1. The van der Waals surface area contributed by atoms with Crippen LogP contribution in [0.1, 0.15) is 30.0 Å². The number of nitrogens with one attached hydrogen (secondary N) is 1. The van der Waals surface area contributed by atoms with Gasteiger partial charge < -0.3 is 9.88 Å². The van der Waals surface area contributed by atoms with Gasteiger partial charge in [-0.1, -0.05) is 60.2 Å². The number of nitrogens with zero attached hydrogens (tertiary/aromatic N) is 3. The Labute approximate surface area is 194 Å². The maximum absolute atomic E-state index is 5.18. The Balaban J connectivity index is 1.53. The van der Waals surface area contributed by atoms with Crippen LogP contribution in [-0.2, 0) is 0 Å². The highest BCUT2D eigenvalue weighted by atomic mass is 15.2. The van der Waals surface area contributed by atoms with E-state index in [4.69, 9.17) is 9.97 Å². The van der Waals surface area contributed by atoms with Crippen molar-refractivity contribution in [3.8, 4) is 22.5 Å². The minimum atomic E-state index is 0.408. The van der Waals surface area contributed by atoms with Gasteiger partial charge in [0.2, 0.25) is 0 Å². The van der Waals surface area contributed by atoms with Crippen molar-refractivity contribution in [2.75, 3.05) is 13.1 Å². The highest BCUT2D eigenvalue weighted by Crippen LogP contribution is 2.34. The third-order valence-electron chi connectivity index (χ3n) is 6.91. The molecule has 1 fully saturated rings. The molecule has 0 unspecified atom stereocenters. The van der Waals surface area contributed by atoms with Gasteiger partial charge in [-0.15, -0.1) is 0 Å². The molecule has 164 valence electrons. The fourth-order valence-corrected chi connectivity index (χ4v) is 5.17. The van der Waals surface area contributed by atoms with Crippen molar-refractivity contribution in [2.24, 2.45) is 0 Å². The lowest BCUT2D eigenvalue weighted by Gasteiger charge is -2.26. The van der Waals surface area contributed by atoms with E-state index < -0.39 is 0 Å². The van der Waals surface area contributed by atoms with Crippen molar-refractivity contribution in [1.82, 2.24) is 19.9 Å². The molecular weight excluding hydrogens is 404 g/mol. The van der Waals surface area contributed by atoms with Crippen LogP contribution in [0, 0.1) is 13.8 Å². The fraction of sp³-hybridized carbons (Fsp3) is 0.241. The summed E-state index contributed by atoms with van der Waals surface area (Å²) in [7, 11) is 0. The molecule has 0 aliphatic carbocycles. The van der Waals surface area contributed by atoms with Crippen LogP contribution >= 0.6 is 0 Å². The Morgan fingerprint density at radius 1 is 0.848 bits per heavy atom. The number of pyridine rings is 1. The summed E-state index contributed by atoms with van der Waals surface area (Å²) in [5.41, 5.74) is 7.97. The number of imidazole rings is 1. The molecule has 0 amide bonds. The average Bonchev–Trinajstić information content (AvgIpc) is 3.22. The lowest BCUT2D eigenvalue weighted by atomic mass is 10.0. The zero-order valence-electron chi connectivity index (χ0n) is 19.2. The second kappa shape index (κ2) is 8.13. The number of hydrogen-bond donors (Lipinski definition) is 1. The normalized spacial score (nSPS) is 14.8. The van der Waals surface area contributed by atoms with Gasteiger partial charge in [0, 0.05) is 23.4 Å². The van der Waals surface area contributed by atoms with Gasteiger partial charge in [-0.05, 0) is 73.8 Å². The predicted molar refractivity (Wildman–Crippen MR) is 137 cm³/mol. The summed E-state index contributed by atoms with van der Waals surface area (Å²) in [6.45, 7) is 6.39. The zero-order chi connectivity index (χ0) is 22.4. The van der Waals surface area contributed by atoms with Gasteiger partial charge in [0.05, 0.1) is 0 Å². The first-order chi connectivity index (χ1) is 16.2. The van der Waals surface area contributed by atoms with E-state index in [9.17, 15) is 0 Å². The minimum Gasteiger partial charge on any atom is -0.317 e. The van der Waals surface area contributed by atoms with Crippen LogP contribution < -0.4 is 5.32 Å². The van der Waals surface area contributed by atoms with E-state index in [1.807, 2.05) is 6.20 Å². The quantitative estimate of drug-likeness (QED) is 0.356. The van der Waals surface area contributed by atoms with Crippen molar-refractivity contribution in [2.45, 2.75) is 32.7 Å². The van der Waals surface area contributed by atoms with Gasteiger partial charge in [0.25, 0.3) is 0 Å². The van der Waals surface area contributed by atoms with Gasteiger partial charge >= 0.3 is 0 Å². The van der Waals surface area contributed by atoms with Crippen LogP contribution in [0.15, 0.2) is 72.9 Å². The first-order valence-corrected chi connectivity index (χ1v) is 11.8. The molecule has 0 atom stereocenters. The topological polar surface area (TPSA) is 42.7 Å². The Morgan fingerprint density at radius 2 is 1.67 bits per heavy atom. The first-order valence-electron chi connectivity index (χ1n) is 11.8. The van der Waals surface area contributed by atoms with Crippen molar-refractivity contribution in [3.63, 3.8) is 0 Å². The van der Waals surface area contributed by atoms with Crippen molar-refractivity contribution >= 4 is 21.9 Å². The summed E-state index contributed by atoms with van der Waals surface area (Å²) < 4.78 is 2.40. The smallest absolute Gasteiger partial charge is 0.160 e. The molecule has 3 aromatic carbocycles. The molecule has 1 N–H and O–H groups in total. The molecule has 3 heterocycles. The zero-order valence-corrected chi connectivity index (χ0v) is 19.2. The predicted octanol–water partition coefficient (Wildman–Crippen LogP) is 6.46. The van der Waals surface area contributed by atoms with Crippen LogP contribution in [0.5, 0.6) is 0 Å². The number of rotatable bonds is 3. The van der Waals surface area contributed by atoms with E-state index in [0.29, 0.717) is 6.04 Å². The fourth-order valence-electron chi connectivity index (χ4n) is 5.17. The maximum atomic E-state index is 5.18. The Kier molecular flexibility index (Phi) is 4.96. The Bertz CT molecular complexity index is 1470. The molecule has 0 spiro atoms. The summed E-state index contributed by atoms with van der Waals surface area (Å²) in [5.74, 6) is 1.04. The maximum Gasteiger partial charge on any atom is 0.160 e. The van der Waals surface area contributed by atoms with Gasteiger partial charge in [0.1, 0.15) is 11.3 Å². The van der Waals surface area contributed by atoms with E-state index in [2.05, 4.69) is 90.5 Å². The van der Waals surface area contributed by atoms with Crippen LogP contribution in [0.4, 0.5) is 0 Å². The largest absolute Gasteiger partial charge is 0.317 e. The number of benzene rings is 3. The molecule has 5 aromatic rings. The Morgan fingerprint density at radius 3 is 2.48 bits per heavy atom. The number of aromatic nitrogens is 3. The lowest BCUT2D eigenvalue weighted by molar-refractivity contribution is 0.376. The Hall–Kier alpha value is -3.50. The molecule has 0 bridgehead atoms. The van der Waals surface area contributed by atoms with Crippen molar-refractivity contribution in [1.29, 1.82) is 0 Å². The second-order valence-corrected chi connectivity index (χ2v) is 9.23. The van der Waals surface area contributed by atoms with Gasteiger partial charge in [0.15, 0.2) is 5.65 Å². The van der Waals surface area contributed by atoms with Gasteiger partial charge in [-0.25, -0.2) is 9.97 Å². The standard InChI is InChI=1S/C29H28N4/c1-19-7-10-26(20(2)15-19)28-32-27-17-24(23-9-8-21-5-3-4-6-22(21)16-23)18-31-29(27)33(28)25-11-13-30-14-12-25/h3-10,15-18,25,30H,11-14H2,1-2H3. The van der Waals surface area contributed by atoms with Crippen LogP contribution in [0.2, 0.25) is 0 Å². The van der Waals surface area contributed by atoms with E-state index in [1.54, 1.807) is 0 Å². The summed E-state index contributed by atoms with van der Waals surface area (Å²) in [5, 5.41) is 5.99. The summed E-state index contributed by atoms with van der Waals surface area (Å²) in [6, 6.07) is 24.3. The molecule has 33 heavy (non-hydrogen) atoms. The molecule has 1 aliphatic heterocycles. The third kappa shape index (κ3) is 3.61. The number of piperidine rings is 1. The van der Waals surface area contributed by atoms with Gasteiger partial charge in [-0.2, -0.15) is 0 Å². The van der Waals surface area contributed by atoms with Crippen LogP contribution in [-0.4, -0.2) is 27.6 Å². The lowest BCUT2D eigenvalue weighted by Crippen LogP contribution is -2.29. The molecular formula is C29H28N4. The highest BCUT2D eigenvalue weighted by molar-refractivity contribution is 5.89. The summed E-state index contributed by atoms with van der Waals surface area (Å²) >= 11 is 0. The van der Waals surface area contributed by atoms with Crippen molar-refractivity contribution < 1.29 is 0 Å². The molecule has 2 aromatic heterocycles. The minimum absolute atomic E-state index is 0.408. The van der Waals surface area contributed by atoms with E-state index in [1.165, 1.54) is 33.0 Å². The number of hydrogen-bond acceptors (Lipinski definition) is 3. The van der Waals surface area contributed by atoms with E-state index in [-0.39, 0.29) is 0 Å². The number of fused-ring (bicyclic) bond motifs is 2. The average molecular weight is 433 g/mol. The second-order valence-electron chi connectivity index (χ2n) is 9.23. The molecule has 0 radical (unpaired) electrons. The molecule has 4 nitrogen and oxygen atoms in total. The summed E-state index contributed by atoms with van der Waals surface area (Å²) in [4.78, 5) is 10.2.